The van der Waals surface area contributed by atoms with Crippen LogP contribution in [-0.4, -0.2) is 26.4 Å². The number of halogens is 1. The van der Waals surface area contributed by atoms with Crippen LogP contribution in [0, 0.1) is 0 Å². The summed E-state index contributed by atoms with van der Waals surface area (Å²) in [6.45, 7) is 5.59. The van der Waals surface area contributed by atoms with E-state index in [0.717, 1.165) is 0 Å². The van der Waals surface area contributed by atoms with E-state index < -0.39 is 10.0 Å². The van der Waals surface area contributed by atoms with Crippen LogP contribution in [0.1, 0.15) is 27.2 Å². The molecule has 0 radical (unpaired) electrons. The first-order chi connectivity index (χ1) is 9.51. The molecule has 1 amide bonds. The first-order valence-corrected chi connectivity index (χ1v) is 8.64. The summed E-state index contributed by atoms with van der Waals surface area (Å²) < 4.78 is 27.3. The molecule has 0 saturated carbocycles. The first kappa shape index (κ1) is 17.9. The summed E-state index contributed by atoms with van der Waals surface area (Å²) in [6, 6.07) is 4.52. The van der Waals surface area contributed by atoms with E-state index in [9.17, 15) is 13.2 Å². The normalized spacial score (nSPS) is 12.2. The maximum absolute atomic E-state index is 12.1. The highest BCUT2D eigenvalue weighted by atomic mass is 79.9. The van der Waals surface area contributed by atoms with Gasteiger partial charge in [0.15, 0.2) is 0 Å². The van der Waals surface area contributed by atoms with Crippen LogP contribution in [-0.2, 0) is 14.8 Å². The predicted octanol–water partition coefficient (Wildman–Crippen LogP) is 1.61. The van der Waals surface area contributed by atoms with E-state index in [-0.39, 0.29) is 35.0 Å². The van der Waals surface area contributed by atoms with Crippen LogP contribution >= 0.6 is 15.9 Å². The molecule has 0 aliphatic carbocycles. The van der Waals surface area contributed by atoms with E-state index in [1.807, 2.05) is 20.8 Å². The standard InChI is InChI=1S/C13H20BrN3O3S/c1-13(2,3)17-12(18)6-7-16-21(19,20)11-5-4-9(14)8-10(11)15/h4-5,8,16H,6-7,15H2,1-3H3,(H,17,18). The molecule has 1 rings (SSSR count). The summed E-state index contributed by atoms with van der Waals surface area (Å²) in [5.41, 5.74) is 5.50. The molecule has 118 valence electrons. The molecule has 0 aliphatic rings. The Kier molecular flexibility index (Phi) is 5.77. The van der Waals surface area contributed by atoms with E-state index in [1.54, 1.807) is 6.07 Å². The van der Waals surface area contributed by atoms with Crippen molar-refractivity contribution in [3.63, 3.8) is 0 Å². The zero-order valence-electron chi connectivity index (χ0n) is 12.2. The quantitative estimate of drug-likeness (QED) is 0.678. The van der Waals surface area contributed by atoms with Crippen LogP contribution in [0.2, 0.25) is 0 Å². The molecule has 0 saturated heterocycles. The summed E-state index contributed by atoms with van der Waals surface area (Å²) in [7, 11) is -3.72. The Bertz CT molecular complexity index is 624. The molecular formula is C13H20BrN3O3S. The van der Waals surface area contributed by atoms with Crippen LogP contribution < -0.4 is 15.8 Å². The molecule has 1 aromatic rings. The van der Waals surface area contributed by atoms with Crippen LogP contribution in [0.3, 0.4) is 0 Å². The second kappa shape index (κ2) is 6.76. The van der Waals surface area contributed by atoms with E-state index in [2.05, 4.69) is 26.0 Å². The van der Waals surface area contributed by atoms with Gasteiger partial charge in [0.1, 0.15) is 4.90 Å². The molecule has 4 N–H and O–H groups in total. The highest BCUT2D eigenvalue weighted by Gasteiger charge is 2.18. The van der Waals surface area contributed by atoms with Crippen molar-refractivity contribution in [1.29, 1.82) is 0 Å². The van der Waals surface area contributed by atoms with Gasteiger partial charge in [-0.05, 0) is 39.0 Å². The van der Waals surface area contributed by atoms with Gasteiger partial charge in [-0.25, -0.2) is 13.1 Å². The first-order valence-electron chi connectivity index (χ1n) is 6.37. The van der Waals surface area contributed by atoms with E-state index in [4.69, 9.17) is 5.73 Å². The fraction of sp³-hybridized carbons (Fsp3) is 0.462. The SMILES string of the molecule is CC(C)(C)NC(=O)CCNS(=O)(=O)c1ccc(Br)cc1N. The maximum atomic E-state index is 12.1. The number of hydrogen-bond donors (Lipinski definition) is 3. The highest BCUT2D eigenvalue weighted by molar-refractivity contribution is 9.10. The van der Waals surface area contributed by atoms with Gasteiger partial charge >= 0.3 is 0 Å². The second-order valence-corrected chi connectivity index (χ2v) is 8.28. The Labute approximate surface area is 133 Å². The van der Waals surface area contributed by atoms with Gasteiger partial charge in [0, 0.05) is 23.0 Å². The average molecular weight is 378 g/mol. The summed E-state index contributed by atoms with van der Waals surface area (Å²) in [5.74, 6) is -0.214. The van der Waals surface area contributed by atoms with Crippen molar-refractivity contribution in [1.82, 2.24) is 10.0 Å². The smallest absolute Gasteiger partial charge is 0.242 e. The molecule has 0 atom stereocenters. The molecule has 6 nitrogen and oxygen atoms in total. The third kappa shape index (κ3) is 6.03. The Balaban J connectivity index is 2.64. The van der Waals surface area contributed by atoms with Crippen LogP contribution in [0.25, 0.3) is 0 Å². The Hall–Kier alpha value is -1.12. The van der Waals surface area contributed by atoms with Crippen LogP contribution in [0.5, 0.6) is 0 Å². The van der Waals surface area contributed by atoms with Crippen LogP contribution in [0.4, 0.5) is 5.69 Å². The average Bonchev–Trinajstić information content (AvgIpc) is 2.25. The van der Waals surface area contributed by atoms with Crippen LogP contribution in [0.15, 0.2) is 27.6 Å². The number of nitrogen functional groups attached to an aromatic ring is 1. The van der Waals surface area contributed by atoms with Crippen molar-refractivity contribution < 1.29 is 13.2 Å². The molecule has 1 aromatic carbocycles. The third-order valence-corrected chi connectivity index (χ3v) is 4.45. The molecule has 0 aromatic heterocycles. The number of carbonyl (C=O) groups excluding carboxylic acids is 1. The van der Waals surface area contributed by atoms with E-state index in [0.29, 0.717) is 4.47 Å². The molecule has 0 bridgehead atoms. The number of sulfonamides is 1. The molecule has 8 heteroatoms. The predicted molar refractivity (Wildman–Crippen MR) is 86.3 cm³/mol. The highest BCUT2D eigenvalue weighted by Crippen LogP contribution is 2.22. The van der Waals surface area contributed by atoms with Crippen molar-refractivity contribution >= 4 is 37.5 Å². The number of carbonyl (C=O) groups is 1. The summed E-state index contributed by atoms with van der Waals surface area (Å²) in [4.78, 5) is 11.6. The Morgan fingerprint density at radius 1 is 1.33 bits per heavy atom. The largest absolute Gasteiger partial charge is 0.398 e. The lowest BCUT2D eigenvalue weighted by Crippen LogP contribution is -2.42. The van der Waals surface area contributed by atoms with Gasteiger partial charge < -0.3 is 11.1 Å². The lowest BCUT2D eigenvalue weighted by molar-refractivity contribution is -0.122. The molecule has 0 heterocycles. The minimum Gasteiger partial charge on any atom is -0.398 e. The number of anilines is 1. The van der Waals surface area contributed by atoms with Crippen molar-refractivity contribution in [3.8, 4) is 0 Å². The van der Waals surface area contributed by atoms with Gasteiger partial charge in [-0.3, -0.25) is 4.79 Å². The van der Waals surface area contributed by atoms with Gasteiger partial charge in [0.05, 0.1) is 5.69 Å². The second-order valence-electron chi connectivity index (χ2n) is 5.63. The molecule has 0 unspecified atom stereocenters. The summed E-state index contributed by atoms with van der Waals surface area (Å²) in [6.07, 6.45) is 0.0624. The Morgan fingerprint density at radius 3 is 2.48 bits per heavy atom. The van der Waals surface area contributed by atoms with Gasteiger partial charge in [-0.15, -0.1) is 0 Å². The van der Waals surface area contributed by atoms with Gasteiger partial charge in [0.25, 0.3) is 0 Å². The fourth-order valence-electron chi connectivity index (χ4n) is 1.62. The minimum atomic E-state index is -3.72. The zero-order valence-corrected chi connectivity index (χ0v) is 14.6. The van der Waals surface area contributed by atoms with Crippen molar-refractivity contribution in [2.75, 3.05) is 12.3 Å². The molecular weight excluding hydrogens is 358 g/mol. The molecule has 0 aliphatic heterocycles. The summed E-state index contributed by atoms with van der Waals surface area (Å²) >= 11 is 3.21. The van der Waals surface area contributed by atoms with Gasteiger partial charge in [-0.2, -0.15) is 0 Å². The van der Waals surface area contributed by atoms with Crippen molar-refractivity contribution in [3.05, 3.63) is 22.7 Å². The topological polar surface area (TPSA) is 101 Å². The van der Waals surface area contributed by atoms with E-state index >= 15 is 0 Å². The fourth-order valence-corrected chi connectivity index (χ4v) is 3.14. The lowest BCUT2D eigenvalue weighted by atomic mass is 10.1. The van der Waals surface area contributed by atoms with Crippen molar-refractivity contribution in [2.45, 2.75) is 37.6 Å². The number of nitrogens with two attached hydrogens (primary N) is 1. The van der Waals surface area contributed by atoms with Gasteiger partial charge in [-0.1, -0.05) is 15.9 Å². The van der Waals surface area contributed by atoms with Gasteiger partial charge in [0.2, 0.25) is 15.9 Å². The Morgan fingerprint density at radius 2 is 1.95 bits per heavy atom. The number of hydrogen-bond acceptors (Lipinski definition) is 4. The molecule has 21 heavy (non-hydrogen) atoms. The third-order valence-electron chi connectivity index (χ3n) is 2.42. The number of nitrogens with one attached hydrogen (secondary N) is 2. The molecule has 0 fully saturated rings. The zero-order chi connectivity index (χ0) is 16.3. The number of benzene rings is 1. The lowest BCUT2D eigenvalue weighted by Gasteiger charge is -2.20. The monoisotopic (exact) mass is 377 g/mol. The minimum absolute atomic E-state index is 0.00179. The summed E-state index contributed by atoms with van der Waals surface area (Å²) in [5, 5.41) is 2.76. The number of rotatable bonds is 5. The molecule has 0 spiro atoms. The van der Waals surface area contributed by atoms with E-state index in [1.165, 1.54) is 12.1 Å². The van der Waals surface area contributed by atoms with Crippen molar-refractivity contribution in [2.24, 2.45) is 0 Å². The maximum Gasteiger partial charge on any atom is 0.242 e. The number of amides is 1.